The van der Waals surface area contributed by atoms with E-state index < -0.39 is 51.1 Å². The molecule has 0 aliphatic rings. The van der Waals surface area contributed by atoms with Crippen LogP contribution < -0.4 is 4.74 Å². The third-order valence-electron chi connectivity index (χ3n) is 4.98. The number of methoxy groups -OCH3 is 1. The minimum absolute atomic E-state index is 0.136. The van der Waals surface area contributed by atoms with E-state index in [1.807, 2.05) is 0 Å². The maximum atomic E-state index is 13.5. The highest BCUT2D eigenvalue weighted by atomic mass is 32.2. The lowest BCUT2D eigenvalue weighted by molar-refractivity contribution is -0.148. The number of halogens is 6. The summed E-state index contributed by atoms with van der Waals surface area (Å²) in [5.41, 5.74) is -2.29. The van der Waals surface area contributed by atoms with Crippen LogP contribution in [-0.4, -0.2) is 43.4 Å². The zero-order valence-electron chi connectivity index (χ0n) is 19.0. The van der Waals surface area contributed by atoms with Crippen molar-refractivity contribution < 1.29 is 49.3 Å². The topological polar surface area (TPSA) is 96.2 Å². The summed E-state index contributed by atoms with van der Waals surface area (Å²) in [6, 6.07) is 17.6. The van der Waals surface area contributed by atoms with Crippen molar-refractivity contribution in [2.75, 3.05) is 7.11 Å². The Kier molecular flexibility index (Phi) is 9.70. The zero-order valence-corrected chi connectivity index (χ0v) is 19.8. The number of hydrogen-bond acceptors (Lipinski definition) is 5. The smallest absolute Gasteiger partial charge is 0.401 e. The molecule has 3 aromatic rings. The number of oxime groups is 1. The maximum absolute atomic E-state index is 13.5. The molecule has 2 N–H and O–H groups in total. The molecule has 13 heteroatoms. The molecule has 0 radical (unpaired) electrons. The van der Waals surface area contributed by atoms with Crippen LogP contribution in [0, 0.1) is 0 Å². The van der Waals surface area contributed by atoms with Crippen molar-refractivity contribution in [1.29, 1.82) is 0 Å². The Morgan fingerprint density at radius 1 is 0.757 bits per heavy atom. The number of ether oxygens (including phenoxy) is 1. The summed E-state index contributed by atoms with van der Waals surface area (Å²) in [4.78, 5) is -0.136. The quantitative estimate of drug-likeness (QED) is 0.121. The largest absolute Gasteiger partial charge is 0.497 e. The van der Waals surface area contributed by atoms with Crippen LogP contribution in [-0.2, 0) is 10.1 Å². The highest BCUT2D eigenvalue weighted by Crippen LogP contribution is 2.45. The van der Waals surface area contributed by atoms with Gasteiger partial charge >= 0.3 is 12.4 Å². The lowest BCUT2D eigenvalue weighted by Gasteiger charge is -2.28. The lowest BCUT2D eigenvalue weighted by Crippen LogP contribution is -2.38. The standard InChI is InChI=1S/C17H13F6NO.C7H8O4S/c18-16(19,20)13(11-7-3-1-4-8-11)15(24-25)14(17(21,22)23)12-9-5-2-6-10-12;1-11-6-2-4-7(5-3-6)12(8,9)10/h1-10,13-14,25H;2-5H,1H3,(H,8,9,10). The molecular formula is C24H21F6NO5S. The van der Waals surface area contributed by atoms with Gasteiger partial charge in [0.15, 0.2) is 0 Å². The van der Waals surface area contributed by atoms with Crippen molar-refractivity contribution in [3.05, 3.63) is 96.1 Å². The Labute approximate surface area is 208 Å². The second-order valence-corrected chi connectivity index (χ2v) is 8.87. The highest BCUT2D eigenvalue weighted by molar-refractivity contribution is 7.85. The van der Waals surface area contributed by atoms with E-state index in [9.17, 15) is 34.8 Å². The van der Waals surface area contributed by atoms with Crippen LogP contribution in [0.15, 0.2) is 95.0 Å². The van der Waals surface area contributed by atoms with E-state index in [1.165, 1.54) is 67.8 Å². The molecule has 0 aromatic heterocycles. The van der Waals surface area contributed by atoms with Crippen LogP contribution >= 0.6 is 0 Å². The average molecular weight is 549 g/mol. The van der Waals surface area contributed by atoms with E-state index in [4.69, 9.17) is 14.5 Å². The van der Waals surface area contributed by atoms with Crippen LogP contribution in [0.1, 0.15) is 23.0 Å². The first-order valence-electron chi connectivity index (χ1n) is 10.3. The summed E-state index contributed by atoms with van der Waals surface area (Å²) < 4.78 is 116. The molecule has 0 saturated carbocycles. The third kappa shape index (κ3) is 8.22. The van der Waals surface area contributed by atoms with Crippen molar-refractivity contribution in [3.8, 4) is 5.75 Å². The van der Waals surface area contributed by atoms with Gasteiger partial charge in [0.25, 0.3) is 10.1 Å². The molecule has 0 aliphatic heterocycles. The van der Waals surface area contributed by atoms with Crippen LogP contribution in [0.2, 0.25) is 0 Å². The molecule has 0 aliphatic carbocycles. The van der Waals surface area contributed by atoms with Gasteiger partial charge in [0.05, 0.1) is 17.7 Å². The summed E-state index contributed by atoms with van der Waals surface area (Å²) >= 11 is 0. The first-order valence-corrected chi connectivity index (χ1v) is 11.7. The Bertz CT molecular complexity index is 1200. The predicted octanol–water partition coefficient (Wildman–Crippen LogP) is 6.45. The van der Waals surface area contributed by atoms with Crippen LogP contribution in [0.3, 0.4) is 0 Å². The van der Waals surface area contributed by atoms with E-state index >= 15 is 0 Å². The Balaban J connectivity index is 0.000000335. The van der Waals surface area contributed by atoms with Gasteiger partial charge in [-0.1, -0.05) is 65.8 Å². The monoisotopic (exact) mass is 549 g/mol. The average Bonchev–Trinajstić information content (AvgIpc) is 2.83. The number of alkyl halides is 6. The molecule has 0 bridgehead atoms. The first kappa shape index (κ1) is 29.6. The molecule has 0 heterocycles. The minimum Gasteiger partial charge on any atom is -0.497 e. The van der Waals surface area contributed by atoms with Crippen LogP contribution in [0.4, 0.5) is 26.3 Å². The third-order valence-corrected chi connectivity index (χ3v) is 5.85. The predicted molar refractivity (Wildman–Crippen MR) is 123 cm³/mol. The van der Waals surface area contributed by atoms with Gasteiger partial charge in [-0.3, -0.25) is 4.55 Å². The Hall–Kier alpha value is -3.58. The van der Waals surface area contributed by atoms with Crippen molar-refractivity contribution in [2.24, 2.45) is 5.16 Å². The van der Waals surface area contributed by atoms with Crippen LogP contribution in [0.25, 0.3) is 0 Å². The molecule has 0 spiro atoms. The van der Waals surface area contributed by atoms with Gasteiger partial charge in [-0.05, 0) is 35.4 Å². The fourth-order valence-electron chi connectivity index (χ4n) is 3.38. The fourth-order valence-corrected chi connectivity index (χ4v) is 3.86. The van der Waals surface area contributed by atoms with Crippen molar-refractivity contribution in [1.82, 2.24) is 0 Å². The molecule has 3 aromatic carbocycles. The van der Waals surface area contributed by atoms with Gasteiger partial charge in [0.1, 0.15) is 17.6 Å². The first-order chi connectivity index (χ1) is 17.2. The fraction of sp³-hybridized carbons (Fsp3) is 0.208. The summed E-state index contributed by atoms with van der Waals surface area (Å²) in [5.74, 6) is -4.83. The Morgan fingerprint density at radius 3 is 1.41 bits per heavy atom. The second kappa shape index (κ2) is 12.1. The Morgan fingerprint density at radius 2 is 1.14 bits per heavy atom. The number of hydrogen-bond donors (Lipinski definition) is 2. The van der Waals surface area contributed by atoms with Gasteiger partial charge in [-0.25, -0.2) is 0 Å². The zero-order chi connectivity index (χ0) is 27.9. The molecule has 37 heavy (non-hydrogen) atoms. The van der Waals surface area contributed by atoms with E-state index in [2.05, 4.69) is 5.16 Å². The number of benzene rings is 3. The molecule has 0 amide bonds. The second-order valence-electron chi connectivity index (χ2n) is 7.45. The van der Waals surface area contributed by atoms with Crippen molar-refractivity contribution in [2.45, 2.75) is 29.1 Å². The lowest BCUT2D eigenvalue weighted by atomic mass is 9.82. The summed E-state index contributed by atoms with van der Waals surface area (Å²) in [6.45, 7) is 0. The van der Waals surface area contributed by atoms with E-state index in [0.717, 1.165) is 24.3 Å². The van der Waals surface area contributed by atoms with E-state index in [0.29, 0.717) is 5.75 Å². The van der Waals surface area contributed by atoms with E-state index in [-0.39, 0.29) is 4.90 Å². The molecule has 2 atom stereocenters. The minimum atomic E-state index is -5.07. The maximum Gasteiger partial charge on any atom is 0.401 e. The van der Waals surface area contributed by atoms with Gasteiger partial charge in [-0.2, -0.15) is 34.8 Å². The summed E-state index contributed by atoms with van der Waals surface area (Å²) in [7, 11) is -2.61. The number of nitrogens with zero attached hydrogens (tertiary/aromatic N) is 1. The normalized spacial score (nSPS) is 13.5. The molecule has 6 nitrogen and oxygen atoms in total. The molecule has 2 unspecified atom stereocenters. The van der Waals surface area contributed by atoms with Gasteiger partial charge in [-0.15, -0.1) is 0 Å². The van der Waals surface area contributed by atoms with Crippen molar-refractivity contribution in [3.63, 3.8) is 0 Å². The van der Waals surface area contributed by atoms with Gasteiger partial charge < -0.3 is 9.94 Å². The SMILES string of the molecule is COc1ccc(S(=O)(=O)O)cc1.ON=C(C(c1ccccc1)C(F)(F)F)C(c1ccccc1)C(F)(F)F. The van der Waals surface area contributed by atoms with Crippen molar-refractivity contribution >= 4 is 15.8 Å². The van der Waals surface area contributed by atoms with Gasteiger partial charge in [0.2, 0.25) is 0 Å². The molecule has 0 fully saturated rings. The summed E-state index contributed by atoms with van der Waals surface area (Å²) in [6.07, 6.45) is -10.1. The van der Waals surface area contributed by atoms with Gasteiger partial charge in [0, 0.05) is 0 Å². The molecule has 200 valence electrons. The summed E-state index contributed by atoms with van der Waals surface area (Å²) in [5, 5.41) is 11.6. The van der Waals surface area contributed by atoms with E-state index in [1.54, 1.807) is 0 Å². The van der Waals surface area contributed by atoms with Crippen LogP contribution in [0.5, 0.6) is 5.75 Å². The molecule has 3 rings (SSSR count). The molecule has 0 saturated heterocycles. The highest BCUT2D eigenvalue weighted by Gasteiger charge is 2.54. The number of rotatable bonds is 6. The molecular weight excluding hydrogens is 528 g/mol.